The minimum absolute atomic E-state index is 0.0872. The first kappa shape index (κ1) is 23.8. The lowest BCUT2D eigenvalue weighted by atomic mass is 9.98. The Morgan fingerprint density at radius 1 is 1.00 bits per heavy atom. The molecule has 0 fully saturated rings. The molecule has 0 atom stereocenters. The Morgan fingerprint density at radius 3 is 2.38 bits per heavy atom. The van der Waals surface area contributed by atoms with Gasteiger partial charge in [-0.3, -0.25) is 0 Å². The Hall–Kier alpha value is -2.83. The molecule has 0 saturated heterocycles. The molecule has 0 aliphatic carbocycles. The van der Waals surface area contributed by atoms with Crippen molar-refractivity contribution in [2.75, 3.05) is 13.2 Å². The van der Waals surface area contributed by atoms with E-state index in [1.807, 2.05) is 0 Å². The smallest absolute Gasteiger partial charge is 0.344 e. The quantitative estimate of drug-likeness (QED) is 0.312. The third-order valence-electron chi connectivity index (χ3n) is 4.70. The van der Waals surface area contributed by atoms with Crippen molar-refractivity contribution in [3.8, 4) is 11.5 Å². The minimum atomic E-state index is -0.833. The lowest BCUT2D eigenvalue weighted by molar-refractivity contribution is -0.145. The zero-order chi connectivity index (χ0) is 23.3. The Bertz CT molecular complexity index is 1120. The monoisotopic (exact) mass is 480 g/mol. The van der Waals surface area contributed by atoms with E-state index in [9.17, 15) is 18.7 Å². The molecule has 0 aliphatic heterocycles. The number of carbonyl (C=O) groups is 1. The summed E-state index contributed by atoms with van der Waals surface area (Å²) in [7, 11) is 0. The predicted molar refractivity (Wildman–Crippen MR) is 119 cm³/mol. The van der Waals surface area contributed by atoms with Crippen LogP contribution in [-0.4, -0.2) is 24.3 Å². The van der Waals surface area contributed by atoms with Crippen LogP contribution in [0.1, 0.15) is 29.2 Å². The third-order valence-corrected chi connectivity index (χ3v) is 5.43. The standard InChI is InChI=1S/C24H20Cl2F2O4/c1-2-31-22(30)13-32-21-12-19(25)18(23(26)24(21)28)11-15-5-8-20(29)16(10-15)9-14-3-6-17(27)7-4-14/h3-8,10,12,29H,2,9,11,13H2,1H3. The molecule has 0 unspecified atom stereocenters. The van der Waals surface area contributed by atoms with Gasteiger partial charge in [-0.05, 0) is 47.4 Å². The summed E-state index contributed by atoms with van der Waals surface area (Å²) in [5, 5.41) is 10.2. The highest BCUT2D eigenvalue weighted by Gasteiger charge is 2.19. The molecule has 0 bridgehead atoms. The van der Waals surface area contributed by atoms with Crippen LogP contribution in [0.25, 0.3) is 0 Å². The van der Waals surface area contributed by atoms with Crippen molar-refractivity contribution in [2.45, 2.75) is 19.8 Å². The van der Waals surface area contributed by atoms with Crippen LogP contribution in [0.15, 0.2) is 48.5 Å². The van der Waals surface area contributed by atoms with E-state index in [-0.39, 0.29) is 40.4 Å². The van der Waals surface area contributed by atoms with Gasteiger partial charge in [0.1, 0.15) is 11.6 Å². The average Bonchev–Trinajstić information content (AvgIpc) is 2.76. The zero-order valence-electron chi connectivity index (χ0n) is 17.1. The summed E-state index contributed by atoms with van der Waals surface area (Å²) in [6, 6.07) is 12.2. The van der Waals surface area contributed by atoms with Crippen molar-refractivity contribution in [3.05, 3.63) is 92.5 Å². The maximum absolute atomic E-state index is 14.7. The molecule has 3 aromatic rings. The normalized spacial score (nSPS) is 10.8. The number of aromatic hydroxyl groups is 1. The molecule has 3 rings (SSSR count). The maximum Gasteiger partial charge on any atom is 0.344 e. The number of esters is 1. The molecule has 0 saturated carbocycles. The van der Waals surface area contributed by atoms with E-state index >= 15 is 0 Å². The van der Waals surface area contributed by atoms with Crippen LogP contribution < -0.4 is 4.74 Å². The van der Waals surface area contributed by atoms with Crippen LogP contribution in [0.3, 0.4) is 0 Å². The number of halogens is 4. The molecule has 0 radical (unpaired) electrons. The van der Waals surface area contributed by atoms with E-state index in [2.05, 4.69) is 0 Å². The number of ether oxygens (including phenoxy) is 2. The van der Waals surface area contributed by atoms with E-state index < -0.39 is 18.4 Å². The summed E-state index contributed by atoms with van der Waals surface area (Å²) in [5.41, 5.74) is 2.52. The summed E-state index contributed by atoms with van der Waals surface area (Å²) in [5.74, 6) is -1.97. The molecule has 0 heterocycles. The predicted octanol–water partition coefficient (Wildman–Crippen LogP) is 6.10. The number of hydrogen-bond acceptors (Lipinski definition) is 4. The topological polar surface area (TPSA) is 55.8 Å². The fourth-order valence-corrected chi connectivity index (χ4v) is 3.70. The molecule has 4 nitrogen and oxygen atoms in total. The lowest BCUT2D eigenvalue weighted by Crippen LogP contribution is -2.15. The molecule has 168 valence electrons. The third kappa shape index (κ3) is 5.90. The number of carbonyl (C=O) groups excluding carboxylic acids is 1. The second kappa shape index (κ2) is 10.7. The van der Waals surface area contributed by atoms with E-state index in [4.69, 9.17) is 32.7 Å². The van der Waals surface area contributed by atoms with Crippen molar-refractivity contribution in [1.82, 2.24) is 0 Å². The van der Waals surface area contributed by atoms with Crippen LogP contribution in [-0.2, 0) is 22.4 Å². The second-order valence-corrected chi connectivity index (χ2v) is 7.78. The van der Waals surface area contributed by atoms with Gasteiger partial charge in [0.25, 0.3) is 0 Å². The summed E-state index contributed by atoms with van der Waals surface area (Å²) >= 11 is 12.5. The van der Waals surface area contributed by atoms with Crippen LogP contribution >= 0.6 is 23.2 Å². The van der Waals surface area contributed by atoms with Crippen molar-refractivity contribution in [1.29, 1.82) is 0 Å². The van der Waals surface area contributed by atoms with Crippen LogP contribution in [0.5, 0.6) is 11.5 Å². The first-order valence-corrected chi connectivity index (χ1v) is 10.5. The fraction of sp³-hybridized carbons (Fsp3) is 0.208. The highest BCUT2D eigenvalue weighted by Crippen LogP contribution is 2.36. The minimum Gasteiger partial charge on any atom is -0.508 e. The van der Waals surface area contributed by atoms with Crippen LogP contribution in [0.2, 0.25) is 10.0 Å². The summed E-state index contributed by atoms with van der Waals surface area (Å²) in [6.45, 7) is 1.36. The fourth-order valence-electron chi connectivity index (χ4n) is 3.13. The molecule has 0 amide bonds. The van der Waals surface area contributed by atoms with Crippen molar-refractivity contribution < 1.29 is 28.2 Å². The SMILES string of the molecule is CCOC(=O)COc1cc(Cl)c(Cc2ccc(O)c(Cc3ccc(F)cc3)c2)c(Cl)c1F. The Balaban J connectivity index is 1.81. The molecular formula is C24H20Cl2F2O4. The average molecular weight is 481 g/mol. The highest BCUT2D eigenvalue weighted by atomic mass is 35.5. The van der Waals surface area contributed by atoms with Crippen LogP contribution in [0.4, 0.5) is 8.78 Å². The molecule has 0 spiro atoms. The first-order chi connectivity index (χ1) is 15.3. The van der Waals surface area contributed by atoms with E-state index in [0.717, 1.165) is 11.1 Å². The lowest BCUT2D eigenvalue weighted by Gasteiger charge is -2.14. The summed E-state index contributed by atoms with van der Waals surface area (Å²) in [6.07, 6.45) is 0.583. The number of hydrogen-bond donors (Lipinski definition) is 1. The van der Waals surface area contributed by atoms with Gasteiger partial charge in [-0.15, -0.1) is 0 Å². The van der Waals surface area contributed by atoms with Crippen molar-refractivity contribution in [2.24, 2.45) is 0 Å². The number of phenolic OH excluding ortho intramolecular Hbond substituents is 1. The first-order valence-electron chi connectivity index (χ1n) is 9.78. The summed E-state index contributed by atoms with van der Waals surface area (Å²) < 4.78 is 37.7. The zero-order valence-corrected chi connectivity index (χ0v) is 18.6. The molecular weight excluding hydrogens is 461 g/mol. The van der Waals surface area contributed by atoms with Gasteiger partial charge in [-0.25, -0.2) is 13.6 Å². The molecule has 0 aliphatic rings. The van der Waals surface area contributed by atoms with Gasteiger partial charge in [-0.2, -0.15) is 0 Å². The van der Waals surface area contributed by atoms with Gasteiger partial charge >= 0.3 is 5.97 Å². The molecule has 32 heavy (non-hydrogen) atoms. The summed E-state index contributed by atoms with van der Waals surface area (Å²) in [4.78, 5) is 11.4. The van der Waals surface area contributed by atoms with Crippen molar-refractivity contribution in [3.63, 3.8) is 0 Å². The van der Waals surface area contributed by atoms with Crippen LogP contribution in [0, 0.1) is 11.6 Å². The molecule has 8 heteroatoms. The Kier molecular flexibility index (Phi) is 7.94. The van der Waals surface area contributed by atoms with E-state index in [1.165, 1.54) is 24.3 Å². The molecule has 1 N–H and O–H groups in total. The molecule has 0 aromatic heterocycles. The molecule has 3 aromatic carbocycles. The second-order valence-electron chi connectivity index (χ2n) is 7.00. The largest absolute Gasteiger partial charge is 0.508 e. The number of rotatable bonds is 8. The van der Waals surface area contributed by atoms with Gasteiger partial charge in [0.05, 0.1) is 11.6 Å². The van der Waals surface area contributed by atoms with Gasteiger partial charge in [0.15, 0.2) is 18.2 Å². The van der Waals surface area contributed by atoms with Gasteiger partial charge in [0.2, 0.25) is 0 Å². The van der Waals surface area contributed by atoms with Gasteiger partial charge in [-0.1, -0.05) is 47.5 Å². The van der Waals surface area contributed by atoms with Gasteiger partial charge in [0, 0.05) is 23.9 Å². The highest BCUT2D eigenvalue weighted by molar-refractivity contribution is 6.36. The number of benzene rings is 3. The van der Waals surface area contributed by atoms with E-state index in [0.29, 0.717) is 17.5 Å². The van der Waals surface area contributed by atoms with Crippen molar-refractivity contribution >= 4 is 29.2 Å². The maximum atomic E-state index is 14.7. The Labute approximate surface area is 194 Å². The van der Waals surface area contributed by atoms with E-state index in [1.54, 1.807) is 31.2 Å². The Morgan fingerprint density at radius 2 is 1.69 bits per heavy atom. The number of phenols is 1. The van der Waals surface area contributed by atoms with Gasteiger partial charge < -0.3 is 14.6 Å².